The fourth-order valence-electron chi connectivity index (χ4n) is 1.74. The maximum absolute atomic E-state index is 10.6. The summed E-state index contributed by atoms with van der Waals surface area (Å²) in [5.74, 6) is 0.561. The molecule has 2 rings (SSSR count). The van der Waals surface area contributed by atoms with E-state index >= 15 is 0 Å². The summed E-state index contributed by atoms with van der Waals surface area (Å²) >= 11 is 0. The van der Waals surface area contributed by atoms with E-state index in [1.54, 1.807) is 12.1 Å². The van der Waals surface area contributed by atoms with Crippen LogP contribution in [-0.4, -0.2) is 24.2 Å². The van der Waals surface area contributed by atoms with E-state index in [0.717, 1.165) is 5.56 Å². The predicted octanol–water partition coefficient (Wildman–Crippen LogP) is 0.291. The number of phenols is 1. The smallest absolute Gasteiger partial charge is 0.218 e. The summed E-state index contributed by atoms with van der Waals surface area (Å²) in [6.45, 7) is 1.04. The molecule has 0 bridgehead atoms. The summed E-state index contributed by atoms with van der Waals surface area (Å²) in [6.07, 6.45) is 0.309. The van der Waals surface area contributed by atoms with Crippen LogP contribution in [0.4, 0.5) is 0 Å². The molecule has 1 unspecified atom stereocenters. The Morgan fingerprint density at radius 2 is 2.44 bits per heavy atom. The number of aromatic hydroxyl groups is 1. The van der Waals surface area contributed by atoms with Gasteiger partial charge < -0.3 is 20.9 Å². The standard InChI is InChI=1S/C11H14N2O3/c12-11(15)3-4-13-9-6-16-10-5-7(14)1-2-8(9)10/h1-2,5,9,13-14H,3-4,6H2,(H2,12,15). The van der Waals surface area contributed by atoms with Gasteiger partial charge in [0, 0.05) is 24.6 Å². The lowest BCUT2D eigenvalue weighted by molar-refractivity contribution is -0.117. The Bertz CT molecular complexity index is 406. The number of hydrogen-bond donors (Lipinski definition) is 3. The average molecular weight is 222 g/mol. The molecular formula is C11H14N2O3. The van der Waals surface area contributed by atoms with Gasteiger partial charge in [-0.1, -0.05) is 0 Å². The predicted molar refractivity (Wildman–Crippen MR) is 58.2 cm³/mol. The quantitative estimate of drug-likeness (QED) is 0.683. The lowest BCUT2D eigenvalue weighted by Gasteiger charge is -2.10. The molecule has 0 spiro atoms. The molecular weight excluding hydrogens is 208 g/mol. The minimum absolute atomic E-state index is 0.0648. The molecule has 1 heterocycles. The van der Waals surface area contributed by atoms with Gasteiger partial charge in [-0.3, -0.25) is 4.79 Å². The number of hydrogen-bond acceptors (Lipinski definition) is 4. The molecule has 0 aliphatic carbocycles. The van der Waals surface area contributed by atoms with E-state index in [2.05, 4.69) is 5.32 Å². The molecule has 4 N–H and O–H groups in total. The van der Waals surface area contributed by atoms with Gasteiger partial charge in [0.2, 0.25) is 5.91 Å². The van der Waals surface area contributed by atoms with Crippen molar-refractivity contribution in [2.45, 2.75) is 12.5 Å². The highest BCUT2D eigenvalue weighted by Gasteiger charge is 2.23. The summed E-state index contributed by atoms with van der Waals surface area (Å²) in [5.41, 5.74) is 6.05. The topological polar surface area (TPSA) is 84.6 Å². The third-order valence-electron chi connectivity index (χ3n) is 2.54. The molecule has 16 heavy (non-hydrogen) atoms. The first-order chi connectivity index (χ1) is 7.66. The van der Waals surface area contributed by atoms with Gasteiger partial charge in [0.25, 0.3) is 0 Å². The number of phenolic OH excluding ortho intramolecular Hbond substituents is 1. The van der Waals surface area contributed by atoms with Crippen LogP contribution in [0.3, 0.4) is 0 Å². The van der Waals surface area contributed by atoms with E-state index in [4.69, 9.17) is 10.5 Å². The van der Waals surface area contributed by atoms with Crippen molar-refractivity contribution >= 4 is 5.91 Å². The molecule has 5 heteroatoms. The number of amides is 1. The van der Waals surface area contributed by atoms with Crippen molar-refractivity contribution < 1.29 is 14.6 Å². The van der Waals surface area contributed by atoms with Crippen molar-refractivity contribution in [1.82, 2.24) is 5.32 Å². The fourth-order valence-corrected chi connectivity index (χ4v) is 1.74. The second-order valence-corrected chi connectivity index (χ2v) is 3.76. The number of nitrogens with one attached hydrogen (secondary N) is 1. The molecule has 1 aliphatic rings. The Labute approximate surface area is 93.2 Å². The van der Waals surface area contributed by atoms with Crippen LogP contribution in [-0.2, 0) is 4.79 Å². The van der Waals surface area contributed by atoms with Crippen molar-refractivity contribution in [1.29, 1.82) is 0 Å². The molecule has 1 aromatic carbocycles. The van der Waals surface area contributed by atoms with E-state index in [0.29, 0.717) is 25.3 Å². The van der Waals surface area contributed by atoms with Gasteiger partial charge >= 0.3 is 0 Å². The Morgan fingerprint density at radius 3 is 3.19 bits per heavy atom. The normalized spacial score (nSPS) is 17.9. The molecule has 1 atom stereocenters. The first kappa shape index (κ1) is 10.8. The summed E-state index contributed by atoms with van der Waals surface area (Å²) in [4.78, 5) is 10.6. The van der Waals surface area contributed by atoms with Gasteiger partial charge in [0.1, 0.15) is 18.1 Å². The van der Waals surface area contributed by atoms with E-state index in [-0.39, 0.29) is 17.7 Å². The van der Waals surface area contributed by atoms with Gasteiger partial charge in [-0.2, -0.15) is 0 Å². The number of fused-ring (bicyclic) bond motifs is 1. The van der Waals surface area contributed by atoms with Gasteiger partial charge in [-0.15, -0.1) is 0 Å². The lowest BCUT2D eigenvalue weighted by Crippen LogP contribution is -2.26. The van der Waals surface area contributed by atoms with Crippen molar-refractivity contribution in [2.24, 2.45) is 5.73 Å². The van der Waals surface area contributed by atoms with Crippen LogP contribution in [0, 0.1) is 0 Å². The highest BCUT2D eigenvalue weighted by atomic mass is 16.5. The van der Waals surface area contributed by atoms with E-state index in [1.807, 2.05) is 6.07 Å². The van der Waals surface area contributed by atoms with Crippen LogP contribution in [0.25, 0.3) is 0 Å². The Balaban J connectivity index is 1.98. The van der Waals surface area contributed by atoms with Crippen molar-refractivity contribution in [2.75, 3.05) is 13.2 Å². The molecule has 1 aliphatic heterocycles. The number of carbonyl (C=O) groups excluding carboxylic acids is 1. The summed E-state index contributed by atoms with van der Waals surface area (Å²) < 4.78 is 5.41. The molecule has 86 valence electrons. The minimum Gasteiger partial charge on any atom is -0.508 e. The number of benzene rings is 1. The molecule has 1 amide bonds. The maximum atomic E-state index is 10.6. The maximum Gasteiger partial charge on any atom is 0.218 e. The Kier molecular flexibility index (Phi) is 2.96. The second kappa shape index (κ2) is 4.40. The van der Waals surface area contributed by atoms with E-state index < -0.39 is 0 Å². The number of ether oxygens (including phenoxy) is 1. The summed E-state index contributed by atoms with van der Waals surface area (Å²) in [7, 11) is 0. The lowest BCUT2D eigenvalue weighted by atomic mass is 10.1. The molecule has 5 nitrogen and oxygen atoms in total. The van der Waals surface area contributed by atoms with Gasteiger partial charge in [-0.25, -0.2) is 0 Å². The van der Waals surface area contributed by atoms with Crippen LogP contribution in [0.15, 0.2) is 18.2 Å². The minimum atomic E-state index is -0.322. The highest BCUT2D eigenvalue weighted by Crippen LogP contribution is 2.34. The van der Waals surface area contributed by atoms with Gasteiger partial charge in [0.15, 0.2) is 0 Å². The second-order valence-electron chi connectivity index (χ2n) is 3.76. The molecule has 1 aromatic rings. The number of carbonyl (C=O) groups is 1. The zero-order chi connectivity index (χ0) is 11.5. The third-order valence-corrected chi connectivity index (χ3v) is 2.54. The zero-order valence-corrected chi connectivity index (χ0v) is 8.77. The van der Waals surface area contributed by atoms with Crippen LogP contribution in [0.5, 0.6) is 11.5 Å². The first-order valence-corrected chi connectivity index (χ1v) is 5.14. The number of nitrogens with two attached hydrogens (primary N) is 1. The molecule has 0 fully saturated rings. The molecule has 0 saturated heterocycles. The summed E-state index contributed by atoms with van der Waals surface area (Å²) in [5, 5.41) is 12.5. The largest absolute Gasteiger partial charge is 0.508 e. The molecule has 0 radical (unpaired) electrons. The van der Waals surface area contributed by atoms with Gasteiger partial charge in [-0.05, 0) is 12.1 Å². The van der Waals surface area contributed by atoms with Crippen LogP contribution in [0.2, 0.25) is 0 Å². The first-order valence-electron chi connectivity index (χ1n) is 5.14. The van der Waals surface area contributed by atoms with Crippen LogP contribution < -0.4 is 15.8 Å². The number of primary amides is 1. The zero-order valence-electron chi connectivity index (χ0n) is 8.77. The number of rotatable bonds is 4. The molecule has 0 aromatic heterocycles. The summed E-state index contributed by atoms with van der Waals surface area (Å²) in [6, 6.07) is 5.09. The SMILES string of the molecule is NC(=O)CCNC1COc2cc(O)ccc21. The highest BCUT2D eigenvalue weighted by molar-refractivity contribution is 5.73. The third kappa shape index (κ3) is 2.25. The fraction of sp³-hybridized carbons (Fsp3) is 0.364. The molecule has 0 saturated carbocycles. The van der Waals surface area contributed by atoms with Crippen molar-refractivity contribution in [3.05, 3.63) is 23.8 Å². The average Bonchev–Trinajstić information content (AvgIpc) is 2.60. The van der Waals surface area contributed by atoms with E-state index in [1.165, 1.54) is 0 Å². The monoisotopic (exact) mass is 222 g/mol. The van der Waals surface area contributed by atoms with E-state index in [9.17, 15) is 9.90 Å². The Hall–Kier alpha value is -1.75. The van der Waals surface area contributed by atoms with Crippen molar-refractivity contribution in [3.8, 4) is 11.5 Å². The Morgan fingerprint density at radius 1 is 1.62 bits per heavy atom. The van der Waals surface area contributed by atoms with Crippen molar-refractivity contribution in [3.63, 3.8) is 0 Å². The van der Waals surface area contributed by atoms with Crippen LogP contribution >= 0.6 is 0 Å². The van der Waals surface area contributed by atoms with Gasteiger partial charge in [0.05, 0.1) is 6.04 Å². The van der Waals surface area contributed by atoms with Crippen LogP contribution in [0.1, 0.15) is 18.0 Å².